The molecule has 2 rings (SSSR count). The van der Waals surface area contributed by atoms with Gasteiger partial charge in [0, 0.05) is 51.9 Å². The van der Waals surface area contributed by atoms with Crippen LogP contribution in [0.25, 0.3) is 0 Å². The van der Waals surface area contributed by atoms with Crippen molar-refractivity contribution < 1.29 is 51.8 Å². The summed E-state index contributed by atoms with van der Waals surface area (Å²) in [5.41, 5.74) is 1.94. The summed E-state index contributed by atoms with van der Waals surface area (Å²) in [6.07, 6.45) is 0.699. The molecule has 1 saturated heterocycles. The first-order valence-corrected chi connectivity index (χ1v) is 7.03. The number of carbonyl (C=O) groups is 2. The van der Waals surface area contributed by atoms with E-state index in [0.29, 0.717) is 36.7 Å². The third-order valence-corrected chi connectivity index (χ3v) is 3.39. The zero-order chi connectivity index (χ0) is 15.9. The van der Waals surface area contributed by atoms with Crippen LogP contribution >= 0.6 is 0 Å². The number of nitrogens with one attached hydrogen (secondary N) is 2. The van der Waals surface area contributed by atoms with E-state index in [9.17, 15) is 9.59 Å². The van der Waals surface area contributed by atoms with E-state index in [1.54, 1.807) is 12.1 Å². The van der Waals surface area contributed by atoms with Crippen molar-refractivity contribution in [2.75, 3.05) is 48.9 Å². The van der Waals surface area contributed by atoms with Gasteiger partial charge >= 0.3 is 0 Å². The molecule has 0 unspecified atom stereocenters. The number of methoxy groups -OCH3 is 1. The second-order valence-electron chi connectivity index (χ2n) is 4.73. The molecule has 1 aliphatic heterocycles. The maximum absolute atomic E-state index is 11.7. The number of hydrogen-bond donors (Lipinski definition) is 2. The summed E-state index contributed by atoms with van der Waals surface area (Å²) in [6, 6.07) is 3.49. The summed E-state index contributed by atoms with van der Waals surface area (Å²) in [7, 11) is 1.53. The second kappa shape index (κ2) is 9.85. The molecular weight excluding hydrogens is 375 g/mol. The summed E-state index contributed by atoms with van der Waals surface area (Å²) in [5, 5.41) is 5.39. The molecule has 2 N–H and O–H groups in total. The number of carbonyl (C=O) groups excluding carboxylic acids is 2. The normalized spacial score (nSPS) is 13.7. The van der Waals surface area contributed by atoms with Crippen LogP contribution in [-0.4, -0.2) is 45.7 Å². The quantitative estimate of drug-likeness (QED) is 0.560. The van der Waals surface area contributed by atoms with Gasteiger partial charge in [0.05, 0.1) is 37.4 Å². The van der Waals surface area contributed by atoms with Crippen LogP contribution in [-0.2, 0) is 47.0 Å². The molecule has 1 aliphatic rings. The molecule has 2 amide bonds. The van der Waals surface area contributed by atoms with Crippen molar-refractivity contribution in [3.63, 3.8) is 0 Å². The fourth-order valence-corrected chi connectivity index (χ4v) is 2.29. The second-order valence-corrected chi connectivity index (χ2v) is 4.73. The SMILES string of the molecule is [CH2-]CC(=O)Nc1cc(NC=O)c(OC)cc1N1CCOCC1.[Y]. The smallest absolute Gasteiger partial charge is 0.211 e. The number of nitrogens with zero attached hydrogens (tertiary/aromatic N) is 1. The van der Waals surface area contributed by atoms with E-state index in [4.69, 9.17) is 9.47 Å². The number of anilines is 3. The number of benzene rings is 1. The van der Waals surface area contributed by atoms with Gasteiger partial charge in [-0.3, -0.25) is 9.59 Å². The number of rotatable bonds is 6. The van der Waals surface area contributed by atoms with Crippen LogP contribution in [0.2, 0.25) is 0 Å². The van der Waals surface area contributed by atoms with Crippen LogP contribution in [0.5, 0.6) is 5.75 Å². The third-order valence-electron chi connectivity index (χ3n) is 3.39. The summed E-state index contributed by atoms with van der Waals surface area (Å²) < 4.78 is 10.7. The minimum atomic E-state index is -0.197. The maximum Gasteiger partial charge on any atom is 0.211 e. The Hall–Kier alpha value is -1.18. The Bertz CT molecular complexity index is 548. The molecule has 0 spiro atoms. The summed E-state index contributed by atoms with van der Waals surface area (Å²) in [5.74, 6) is 0.331. The van der Waals surface area contributed by atoms with Crippen LogP contribution in [0.4, 0.5) is 17.1 Å². The van der Waals surface area contributed by atoms with E-state index in [0.717, 1.165) is 18.8 Å². The van der Waals surface area contributed by atoms with Crippen LogP contribution in [0.3, 0.4) is 0 Å². The molecule has 1 heterocycles. The number of morpholine rings is 1. The summed E-state index contributed by atoms with van der Waals surface area (Å²) in [6.45, 7) is 6.26. The molecule has 0 aromatic heterocycles. The predicted molar refractivity (Wildman–Crippen MR) is 84.3 cm³/mol. The van der Waals surface area contributed by atoms with E-state index < -0.39 is 0 Å². The van der Waals surface area contributed by atoms with Crippen molar-refractivity contribution in [2.45, 2.75) is 6.42 Å². The number of ether oxygens (including phenoxy) is 2. The van der Waals surface area contributed by atoms with Gasteiger partial charge in [0.2, 0.25) is 6.41 Å². The summed E-state index contributed by atoms with van der Waals surface area (Å²) in [4.78, 5) is 24.5. The van der Waals surface area contributed by atoms with E-state index in [2.05, 4.69) is 22.5 Å². The van der Waals surface area contributed by atoms with Gasteiger partial charge in [0.25, 0.3) is 0 Å². The Labute approximate surface area is 161 Å². The molecule has 1 aromatic carbocycles. The first-order valence-electron chi connectivity index (χ1n) is 7.03. The molecule has 1 radical (unpaired) electrons. The monoisotopic (exact) mass is 395 g/mol. The molecule has 0 bridgehead atoms. The van der Waals surface area contributed by atoms with Gasteiger partial charge in [-0.15, -0.1) is 6.42 Å². The average Bonchev–Trinajstić information content (AvgIpc) is 2.56. The Balaban J connectivity index is 0.00000264. The molecule has 1 aromatic rings. The molecule has 0 aliphatic carbocycles. The van der Waals surface area contributed by atoms with Crippen molar-refractivity contribution in [3.8, 4) is 5.75 Å². The molecular formula is C15H20N3O4Y-. The fourth-order valence-electron chi connectivity index (χ4n) is 2.29. The predicted octanol–water partition coefficient (Wildman–Crippen LogP) is 1.26. The van der Waals surface area contributed by atoms with Gasteiger partial charge in [-0.25, -0.2) is 0 Å². The Morgan fingerprint density at radius 1 is 1.39 bits per heavy atom. The Kier molecular flexibility index (Phi) is 8.51. The summed E-state index contributed by atoms with van der Waals surface area (Å²) >= 11 is 0. The largest absolute Gasteiger partial charge is 0.494 e. The number of hydrogen-bond acceptors (Lipinski definition) is 5. The standard InChI is InChI=1S/C15H20N3O4.Y/c1-3-15(20)17-11-8-12(16-10-19)14(21-2)9-13(11)18-4-6-22-7-5-18;/h8-10H,1,3-7H2,2H3,(H,16,19)(H,17,20);/q-1;. The first-order chi connectivity index (χ1) is 10.7. The van der Waals surface area contributed by atoms with Crippen LogP contribution in [0.1, 0.15) is 6.42 Å². The van der Waals surface area contributed by atoms with Crippen molar-refractivity contribution in [1.29, 1.82) is 0 Å². The minimum absolute atomic E-state index is 0. The Morgan fingerprint density at radius 3 is 2.65 bits per heavy atom. The van der Waals surface area contributed by atoms with Crippen LogP contribution in [0, 0.1) is 6.92 Å². The topological polar surface area (TPSA) is 79.9 Å². The molecule has 8 heteroatoms. The number of amides is 2. The third kappa shape index (κ3) is 5.16. The van der Waals surface area contributed by atoms with Gasteiger partial charge in [0.1, 0.15) is 5.75 Å². The van der Waals surface area contributed by atoms with E-state index >= 15 is 0 Å². The van der Waals surface area contributed by atoms with Crippen molar-refractivity contribution in [3.05, 3.63) is 19.1 Å². The molecule has 1 fully saturated rings. The average molecular weight is 395 g/mol. The molecule has 123 valence electrons. The van der Waals surface area contributed by atoms with Crippen molar-refractivity contribution in [2.24, 2.45) is 0 Å². The van der Waals surface area contributed by atoms with Gasteiger partial charge < -0.3 is 31.9 Å². The zero-order valence-electron chi connectivity index (χ0n) is 13.1. The first kappa shape index (κ1) is 19.9. The van der Waals surface area contributed by atoms with Gasteiger partial charge in [0.15, 0.2) is 5.91 Å². The van der Waals surface area contributed by atoms with E-state index in [1.165, 1.54) is 7.11 Å². The van der Waals surface area contributed by atoms with Crippen molar-refractivity contribution in [1.82, 2.24) is 0 Å². The fraction of sp³-hybridized carbons (Fsp3) is 0.400. The molecule has 23 heavy (non-hydrogen) atoms. The molecule has 7 nitrogen and oxygen atoms in total. The van der Waals surface area contributed by atoms with Gasteiger partial charge in [-0.05, 0) is 6.07 Å². The van der Waals surface area contributed by atoms with Gasteiger partial charge in [-0.1, -0.05) is 0 Å². The molecule has 0 saturated carbocycles. The molecule has 0 atom stereocenters. The minimum Gasteiger partial charge on any atom is -0.494 e. The van der Waals surface area contributed by atoms with Crippen LogP contribution < -0.4 is 20.3 Å². The van der Waals surface area contributed by atoms with E-state index in [-0.39, 0.29) is 45.0 Å². The van der Waals surface area contributed by atoms with Crippen LogP contribution in [0.15, 0.2) is 12.1 Å². The van der Waals surface area contributed by atoms with E-state index in [1.807, 2.05) is 0 Å². The maximum atomic E-state index is 11.7. The Morgan fingerprint density at radius 2 is 2.09 bits per heavy atom. The van der Waals surface area contributed by atoms with Gasteiger partial charge in [-0.2, -0.15) is 0 Å². The van der Waals surface area contributed by atoms with Crippen molar-refractivity contribution >= 4 is 29.4 Å². The zero-order valence-corrected chi connectivity index (χ0v) is 16.0.